The molecule has 0 unspecified atom stereocenters. The molecule has 3 atom stereocenters. The van der Waals surface area contributed by atoms with E-state index in [0.717, 1.165) is 13.1 Å². The standard InChI is InChI=1S/C29H29ClF2N6O4/c1-36-21(17-5-6-22(42-2)25(32)24(17)31)14-34-26(36)27(39)35-15-3-4-16(20(30)11-15)28(40)37-7-9-38(10-8-37)29(41)23-18-12-33-13-19(18)23/h3-6,11,14,18-19,23,33H,7-10,12-13H2,1-2H3,(H,35,39)/t18-,19+,23+. The number of rotatable bonds is 6. The molecule has 2 saturated heterocycles. The van der Waals surface area contributed by atoms with E-state index in [2.05, 4.69) is 15.6 Å². The van der Waals surface area contributed by atoms with Gasteiger partial charge >= 0.3 is 0 Å². The van der Waals surface area contributed by atoms with Gasteiger partial charge < -0.3 is 29.7 Å². The van der Waals surface area contributed by atoms with E-state index < -0.39 is 17.5 Å². The topological polar surface area (TPSA) is 109 Å². The van der Waals surface area contributed by atoms with E-state index in [9.17, 15) is 23.2 Å². The summed E-state index contributed by atoms with van der Waals surface area (Å²) >= 11 is 6.45. The third kappa shape index (κ3) is 4.88. The zero-order valence-corrected chi connectivity index (χ0v) is 23.8. The Balaban J connectivity index is 1.09. The molecule has 2 N–H and O–H groups in total. The lowest BCUT2D eigenvalue weighted by atomic mass is 10.1. The molecular formula is C29H29ClF2N6O4. The van der Waals surface area contributed by atoms with Crippen molar-refractivity contribution in [2.75, 3.05) is 51.7 Å². The fourth-order valence-electron chi connectivity index (χ4n) is 6.01. The number of fused-ring (bicyclic) bond motifs is 1. The van der Waals surface area contributed by atoms with Gasteiger partial charge in [0.05, 0.1) is 29.6 Å². The molecule has 3 amide bonds. The number of imidazole rings is 1. The lowest BCUT2D eigenvalue weighted by Crippen LogP contribution is -2.51. The van der Waals surface area contributed by atoms with Crippen LogP contribution >= 0.6 is 11.6 Å². The van der Waals surface area contributed by atoms with E-state index in [1.807, 2.05) is 4.90 Å². The molecule has 42 heavy (non-hydrogen) atoms. The van der Waals surface area contributed by atoms with E-state index in [0.29, 0.717) is 43.7 Å². The maximum atomic E-state index is 14.6. The highest BCUT2D eigenvalue weighted by Gasteiger charge is 2.58. The average molecular weight is 599 g/mol. The summed E-state index contributed by atoms with van der Waals surface area (Å²) in [6.07, 6.45) is 1.27. The average Bonchev–Trinajstić information content (AvgIpc) is 3.26. The molecule has 1 aliphatic carbocycles. The number of ether oxygens (including phenoxy) is 1. The number of anilines is 1. The van der Waals surface area contributed by atoms with Gasteiger partial charge in [-0.1, -0.05) is 11.6 Å². The number of hydrogen-bond donors (Lipinski definition) is 2. The van der Waals surface area contributed by atoms with Gasteiger partial charge in [0, 0.05) is 50.4 Å². The Labute approximate surface area is 245 Å². The molecule has 0 bridgehead atoms. The van der Waals surface area contributed by atoms with Gasteiger partial charge in [-0.2, -0.15) is 4.39 Å². The molecule has 3 aliphatic rings. The summed E-state index contributed by atoms with van der Waals surface area (Å²) in [7, 11) is 2.74. The molecule has 2 aliphatic heterocycles. The molecule has 13 heteroatoms. The van der Waals surface area contributed by atoms with Gasteiger partial charge in [-0.25, -0.2) is 9.37 Å². The normalized spacial score (nSPS) is 21.2. The number of nitrogens with one attached hydrogen (secondary N) is 2. The molecule has 220 valence electrons. The SMILES string of the molecule is COc1ccc(-c2cnc(C(=O)Nc3ccc(C(=O)N4CCN(C(=O)[C@H]5[C@@H]6CNC[C@@H]65)CC4)c(Cl)c3)n2C)c(F)c1F. The number of aromatic nitrogens is 2. The predicted octanol–water partition coefficient (Wildman–Crippen LogP) is 3.03. The molecule has 3 fully saturated rings. The quantitative estimate of drug-likeness (QED) is 0.452. The third-order valence-corrected chi connectivity index (χ3v) is 8.76. The van der Waals surface area contributed by atoms with E-state index in [-0.39, 0.29) is 51.1 Å². The second-order valence-electron chi connectivity index (χ2n) is 10.7. The first-order chi connectivity index (χ1) is 20.2. The van der Waals surface area contributed by atoms with Gasteiger partial charge in [0.25, 0.3) is 11.8 Å². The minimum Gasteiger partial charge on any atom is -0.494 e. The highest BCUT2D eigenvalue weighted by Crippen LogP contribution is 2.49. The number of carbonyl (C=O) groups is 3. The Kier molecular flexibility index (Phi) is 7.36. The van der Waals surface area contributed by atoms with Gasteiger partial charge in [0.15, 0.2) is 17.4 Å². The number of amides is 3. The van der Waals surface area contributed by atoms with Crippen molar-refractivity contribution in [3.05, 3.63) is 64.6 Å². The minimum absolute atomic E-state index is 0.0459. The summed E-state index contributed by atoms with van der Waals surface area (Å²) in [6, 6.07) is 7.20. The molecule has 2 aromatic carbocycles. The lowest BCUT2D eigenvalue weighted by molar-refractivity contribution is -0.134. The number of piperidine rings is 1. The Morgan fingerprint density at radius 1 is 1.02 bits per heavy atom. The molecule has 3 aromatic rings. The second-order valence-corrected chi connectivity index (χ2v) is 11.2. The van der Waals surface area contributed by atoms with Gasteiger partial charge in [-0.15, -0.1) is 0 Å². The zero-order chi connectivity index (χ0) is 29.7. The smallest absolute Gasteiger partial charge is 0.291 e. The van der Waals surface area contributed by atoms with Crippen molar-refractivity contribution >= 4 is 35.0 Å². The van der Waals surface area contributed by atoms with Crippen LogP contribution in [0.5, 0.6) is 5.75 Å². The maximum absolute atomic E-state index is 14.6. The van der Waals surface area contributed by atoms with Crippen molar-refractivity contribution in [1.82, 2.24) is 24.7 Å². The first-order valence-corrected chi connectivity index (χ1v) is 14.0. The summed E-state index contributed by atoms with van der Waals surface area (Å²) in [5, 5.41) is 6.14. The molecule has 1 aromatic heterocycles. The van der Waals surface area contributed by atoms with Gasteiger partial charge in [0.1, 0.15) is 0 Å². The van der Waals surface area contributed by atoms with Crippen molar-refractivity contribution in [1.29, 1.82) is 0 Å². The minimum atomic E-state index is -1.14. The predicted molar refractivity (Wildman–Crippen MR) is 150 cm³/mol. The van der Waals surface area contributed by atoms with Crippen molar-refractivity contribution in [2.24, 2.45) is 24.8 Å². The van der Waals surface area contributed by atoms with Crippen LogP contribution in [0, 0.1) is 29.4 Å². The monoisotopic (exact) mass is 598 g/mol. The second kappa shape index (κ2) is 11.0. The lowest BCUT2D eigenvalue weighted by Gasteiger charge is -2.35. The van der Waals surface area contributed by atoms with E-state index in [1.165, 1.54) is 49.2 Å². The van der Waals surface area contributed by atoms with Crippen molar-refractivity contribution in [3.63, 3.8) is 0 Å². The number of nitrogens with zero attached hydrogens (tertiary/aromatic N) is 4. The van der Waals surface area contributed by atoms with E-state index in [1.54, 1.807) is 11.0 Å². The molecule has 10 nitrogen and oxygen atoms in total. The number of halogens is 3. The van der Waals surface area contributed by atoms with Gasteiger partial charge in [-0.3, -0.25) is 14.4 Å². The highest BCUT2D eigenvalue weighted by atomic mass is 35.5. The van der Waals surface area contributed by atoms with Crippen LogP contribution in [0.15, 0.2) is 36.5 Å². The Hall–Kier alpha value is -4.03. The van der Waals surface area contributed by atoms with Crippen LogP contribution in [0.4, 0.5) is 14.5 Å². The van der Waals surface area contributed by atoms with Crippen LogP contribution in [-0.2, 0) is 11.8 Å². The van der Waals surface area contributed by atoms with Crippen LogP contribution in [0.1, 0.15) is 21.0 Å². The first kappa shape index (κ1) is 28.1. The fraction of sp³-hybridized carbons (Fsp3) is 0.379. The number of methoxy groups -OCH3 is 1. The summed E-state index contributed by atoms with van der Waals surface area (Å²) in [5.74, 6) is -2.17. The maximum Gasteiger partial charge on any atom is 0.291 e. The van der Waals surface area contributed by atoms with Gasteiger partial charge in [-0.05, 0) is 55.3 Å². The number of piperazine rings is 1. The molecule has 0 radical (unpaired) electrons. The molecule has 0 spiro atoms. The molecule has 3 heterocycles. The summed E-state index contributed by atoms with van der Waals surface area (Å²) < 4.78 is 35.0. The summed E-state index contributed by atoms with van der Waals surface area (Å²) in [5.41, 5.74) is 0.726. The summed E-state index contributed by atoms with van der Waals surface area (Å²) in [4.78, 5) is 46.6. The van der Waals surface area contributed by atoms with Crippen molar-refractivity contribution in [3.8, 4) is 17.0 Å². The Morgan fingerprint density at radius 3 is 2.38 bits per heavy atom. The zero-order valence-electron chi connectivity index (χ0n) is 23.0. The van der Waals surface area contributed by atoms with Gasteiger partial charge in [0.2, 0.25) is 11.7 Å². The Bertz CT molecular complexity index is 1580. The van der Waals surface area contributed by atoms with Crippen molar-refractivity contribution < 1.29 is 27.9 Å². The first-order valence-electron chi connectivity index (χ1n) is 13.6. The molecular weight excluding hydrogens is 570 g/mol. The van der Waals surface area contributed by atoms with Crippen molar-refractivity contribution in [2.45, 2.75) is 0 Å². The van der Waals surface area contributed by atoms with E-state index >= 15 is 0 Å². The van der Waals surface area contributed by atoms with Crippen LogP contribution in [0.2, 0.25) is 5.02 Å². The summed E-state index contributed by atoms with van der Waals surface area (Å²) in [6.45, 7) is 3.61. The van der Waals surface area contributed by atoms with Crippen LogP contribution in [-0.4, -0.2) is 83.5 Å². The number of hydrogen-bond acceptors (Lipinski definition) is 6. The highest BCUT2D eigenvalue weighted by molar-refractivity contribution is 6.34. The van der Waals surface area contributed by atoms with Crippen LogP contribution in [0.3, 0.4) is 0 Å². The Morgan fingerprint density at radius 2 is 1.71 bits per heavy atom. The largest absolute Gasteiger partial charge is 0.494 e. The number of benzene rings is 2. The van der Waals surface area contributed by atoms with E-state index in [4.69, 9.17) is 16.3 Å². The molecule has 6 rings (SSSR count). The number of carbonyl (C=O) groups excluding carboxylic acids is 3. The van der Waals surface area contributed by atoms with Crippen LogP contribution < -0.4 is 15.4 Å². The third-order valence-electron chi connectivity index (χ3n) is 8.45. The fourth-order valence-corrected chi connectivity index (χ4v) is 6.27. The molecule has 1 saturated carbocycles. The van der Waals surface area contributed by atoms with Crippen LogP contribution in [0.25, 0.3) is 11.3 Å².